The Morgan fingerprint density at radius 2 is 1.89 bits per heavy atom. The van der Waals surface area contributed by atoms with Crippen LogP contribution in [0.2, 0.25) is 0 Å². The van der Waals surface area contributed by atoms with Crippen molar-refractivity contribution in [2.45, 2.75) is 89.8 Å². The van der Waals surface area contributed by atoms with Gasteiger partial charge in [0.05, 0.1) is 18.8 Å². The lowest BCUT2D eigenvalue weighted by Crippen LogP contribution is -2.27. The van der Waals surface area contributed by atoms with Crippen molar-refractivity contribution in [1.29, 1.82) is 0 Å². The van der Waals surface area contributed by atoms with E-state index >= 15 is 0 Å². The van der Waals surface area contributed by atoms with Crippen molar-refractivity contribution in [3.8, 4) is 0 Å². The molecule has 0 aromatic heterocycles. The molecule has 2 heterocycles. The van der Waals surface area contributed by atoms with E-state index in [0.717, 1.165) is 44.9 Å². The summed E-state index contributed by atoms with van der Waals surface area (Å²) >= 11 is 0. The minimum absolute atomic E-state index is 0.239. The monoisotopic (exact) mass is 395 g/mol. The molecule has 160 valence electrons. The molecule has 2 N–H and O–H groups in total. The van der Waals surface area contributed by atoms with Crippen LogP contribution in [0.1, 0.15) is 77.6 Å². The number of nitrogens with one attached hydrogen (secondary N) is 1. The quantitative estimate of drug-likeness (QED) is 0.329. The number of hydrogen-bond donors (Lipinski definition) is 2. The maximum Gasteiger partial charge on any atom is 0.407 e. The maximum atomic E-state index is 11.5. The molecule has 0 radical (unpaired) electrons. The van der Waals surface area contributed by atoms with Gasteiger partial charge in [-0.25, -0.2) is 4.79 Å². The van der Waals surface area contributed by atoms with Gasteiger partial charge in [-0.15, -0.1) is 0 Å². The normalized spacial score (nSPS) is 26.0. The fourth-order valence-corrected chi connectivity index (χ4v) is 4.40. The average molecular weight is 396 g/mol. The largest absolute Gasteiger partial charge is 0.481 e. The van der Waals surface area contributed by atoms with Gasteiger partial charge in [0.25, 0.3) is 0 Å². The summed E-state index contributed by atoms with van der Waals surface area (Å²) in [4.78, 5) is 22.1. The van der Waals surface area contributed by atoms with Crippen LogP contribution in [0.15, 0.2) is 12.2 Å². The fraction of sp³-hybridized carbons (Fsp3) is 0.818. The molecule has 0 aliphatic carbocycles. The number of rotatable bonds is 14. The first-order chi connectivity index (χ1) is 13.6. The van der Waals surface area contributed by atoms with Crippen LogP contribution in [-0.2, 0) is 14.3 Å². The summed E-state index contributed by atoms with van der Waals surface area (Å²) in [6.45, 7) is 3.26. The third-order valence-corrected chi connectivity index (χ3v) is 5.89. The summed E-state index contributed by atoms with van der Waals surface area (Å²) < 4.78 is 11.4. The maximum absolute atomic E-state index is 11.5. The van der Waals surface area contributed by atoms with Crippen molar-refractivity contribution in [3.63, 3.8) is 0 Å². The number of carboxylic acid groups (broad SMARTS) is 1. The second kappa shape index (κ2) is 12.8. The summed E-state index contributed by atoms with van der Waals surface area (Å²) in [6, 6.07) is 0. The van der Waals surface area contributed by atoms with Crippen molar-refractivity contribution in [3.05, 3.63) is 12.2 Å². The number of alkyl carbamates (subject to hydrolysis) is 1. The average Bonchev–Trinajstić information content (AvgIpc) is 3.26. The number of carboxylic acids is 1. The van der Waals surface area contributed by atoms with Gasteiger partial charge in [-0.3, -0.25) is 4.79 Å². The van der Waals surface area contributed by atoms with Crippen molar-refractivity contribution >= 4 is 12.1 Å². The number of hydrogen-bond acceptors (Lipinski definition) is 4. The SMILES string of the molecule is CCCCNC(=O)OCCCC[C@H]1[C@@H](C/C=C\CCCC(=O)O)[C@H]2CC[C@@H]1O2. The number of carbonyl (C=O) groups is 2. The molecule has 0 aromatic carbocycles. The number of aliphatic carboxylic acids is 1. The van der Waals surface area contributed by atoms with Crippen LogP contribution in [0.25, 0.3) is 0 Å². The molecule has 0 spiro atoms. The van der Waals surface area contributed by atoms with Gasteiger partial charge < -0.3 is 19.9 Å². The molecule has 2 aliphatic rings. The van der Waals surface area contributed by atoms with Crippen molar-refractivity contribution < 1.29 is 24.2 Å². The Hall–Kier alpha value is -1.56. The first-order valence-electron chi connectivity index (χ1n) is 11.0. The zero-order valence-electron chi connectivity index (χ0n) is 17.2. The van der Waals surface area contributed by atoms with Crippen LogP contribution < -0.4 is 5.32 Å². The van der Waals surface area contributed by atoms with E-state index in [1.54, 1.807) is 0 Å². The van der Waals surface area contributed by atoms with Crippen LogP contribution in [-0.4, -0.2) is 42.5 Å². The molecule has 4 atom stereocenters. The lowest BCUT2D eigenvalue weighted by Gasteiger charge is -2.27. The highest BCUT2D eigenvalue weighted by Crippen LogP contribution is 2.47. The molecular weight excluding hydrogens is 358 g/mol. The highest BCUT2D eigenvalue weighted by atomic mass is 16.5. The molecule has 2 rings (SSSR count). The fourth-order valence-electron chi connectivity index (χ4n) is 4.40. The topological polar surface area (TPSA) is 84.9 Å². The zero-order valence-corrected chi connectivity index (χ0v) is 17.2. The van der Waals surface area contributed by atoms with Crippen molar-refractivity contribution in [2.24, 2.45) is 11.8 Å². The number of allylic oxidation sites excluding steroid dienone is 2. The Morgan fingerprint density at radius 1 is 1.11 bits per heavy atom. The van der Waals surface area contributed by atoms with Gasteiger partial charge in [-0.2, -0.15) is 0 Å². The lowest BCUT2D eigenvalue weighted by atomic mass is 9.75. The van der Waals surface area contributed by atoms with E-state index in [0.29, 0.717) is 43.6 Å². The molecule has 0 unspecified atom stereocenters. The van der Waals surface area contributed by atoms with Gasteiger partial charge in [0.2, 0.25) is 0 Å². The first kappa shape index (κ1) is 22.7. The highest BCUT2D eigenvalue weighted by molar-refractivity contribution is 5.67. The molecular formula is C22H37NO5. The van der Waals surface area contributed by atoms with E-state index in [4.69, 9.17) is 14.6 Å². The van der Waals surface area contributed by atoms with Gasteiger partial charge in [0.15, 0.2) is 0 Å². The Balaban J connectivity index is 1.61. The Bertz CT molecular complexity index is 507. The van der Waals surface area contributed by atoms with E-state index < -0.39 is 5.97 Å². The van der Waals surface area contributed by atoms with Gasteiger partial charge in [-0.05, 0) is 69.6 Å². The van der Waals surface area contributed by atoms with Crippen LogP contribution in [0, 0.1) is 11.8 Å². The summed E-state index contributed by atoms with van der Waals surface area (Å²) in [5.74, 6) is 0.450. The van der Waals surface area contributed by atoms with Gasteiger partial charge >= 0.3 is 12.1 Å². The number of amides is 1. The summed E-state index contributed by atoms with van der Waals surface area (Å²) in [5, 5.41) is 11.4. The standard InChI is InChI=1S/C22H37NO5/c1-2-3-15-23-22(26)27-16-9-8-11-18-17(19-13-14-20(18)28-19)10-6-4-5-7-12-21(24)25/h4,6,17-20H,2-3,5,7-16H2,1H3,(H,23,26)(H,24,25)/b6-4-/t17-,18+,19-,20+/m1/s1. The van der Waals surface area contributed by atoms with Crippen LogP contribution in [0.5, 0.6) is 0 Å². The molecule has 6 heteroatoms. The van der Waals surface area contributed by atoms with Gasteiger partial charge in [0.1, 0.15) is 0 Å². The lowest BCUT2D eigenvalue weighted by molar-refractivity contribution is -0.137. The second-order valence-electron chi connectivity index (χ2n) is 8.02. The van der Waals surface area contributed by atoms with E-state index in [1.807, 2.05) is 0 Å². The molecule has 0 saturated carbocycles. The van der Waals surface area contributed by atoms with Gasteiger partial charge in [-0.1, -0.05) is 25.5 Å². The highest BCUT2D eigenvalue weighted by Gasteiger charge is 2.47. The minimum Gasteiger partial charge on any atom is -0.481 e. The third-order valence-electron chi connectivity index (χ3n) is 5.89. The first-order valence-corrected chi connectivity index (χ1v) is 11.0. The molecule has 2 aliphatic heterocycles. The number of ether oxygens (including phenoxy) is 2. The Labute approximate surface area is 169 Å². The van der Waals surface area contributed by atoms with E-state index in [1.165, 1.54) is 12.8 Å². The smallest absolute Gasteiger partial charge is 0.407 e. The third kappa shape index (κ3) is 7.82. The summed E-state index contributed by atoms with van der Waals surface area (Å²) in [5.41, 5.74) is 0. The number of unbranched alkanes of at least 4 members (excludes halogenated alkanes) is 3. The zero-order chi connectivity index (χ0) is 20.2. The van der Waals surface area contributed by atoms with Crippen LogP contribution in [0.3, 0.4) is 0 Å². The van der Waals surface area contributed by atoms with E-state index in [2.05, 4.69) is 24.4 Å². The molecule has 6 nitrogen and oxygen atoms in total. The van der Waals surface area contributed by atoms with Crippen LogP contribution in [0.4, 0.5) is 4.79 Å². The number of carbonyl (C=O) groups excluding carboxylic acids is 1. The Morgan fingerprint density at radius 3 is 2.64 bits per heavy atom. The predicted molar refractivity (Wildman–Crippen MR) is 108 cm³/mol. The van der Waals surface area contributed by atoms with E-state index in [9.17, 15) is 9.59 Å². The minimum atomic E-state index is -0.725. The van der Waals surface area contributed by atoms with Crippen molar-refractivity contribution in [1.82, 2.24) is 5.32 Å². The molecule has 2 bridgehead atoms. The molecule has 2 fully saturated rings. The van der Waals surface area contributed by atoms with Gasteiger partial charge in [0, 0.05) is 13.0 Å². The molecule has 1 amide bonds. The number of fused-ring (bicyclic) bond motifs is 2. The van der Waals surface area contributed by atoms with E-state index in [-0.39, 0.29) is 12.5 Å². The molecule has 2 saturated heterocycles. The molecule has 28 heavy (non-hydrogen) atoms. The second-order valence-corrected chi connectivity index (χ2v) is 8.02. The Kier molecular flexibility index (Phi) is 10.4. The summed E-state index contributed by atoms with van der Waals surface area (Å²) in [7, 11) is 0. The predicted octanol–water partition coefficient (Wildman–Crippen LogP) is 4.68. The molecule has 0 aromatic rings. The summed E-state index contributed by atoms with van der Waals surface area (Å²) in [6.07, 6.45) is 15.1. The van der Waals surface area contributed by atoms with Crippen LogP contribution >= 0.6 is 0 Å². The van der Waals surface area contributed by atoms with Crippen molar-refractivity contribution in [2.75, 3.05) is 13.2 Å².